The largest absolute Gasteiger partial charge is 0.464 e. The first-order valence-electron chi connectivity index (χ1n) is 7.16. The lowest BCUT2D eigenvalue weighted by atomic mass is 10.0. The Morgan fingerprint density at radius 1 is 1.22 bits per heavy atom. The predicted octanol–water partition coefficient (Wildman–Crippen LogP) is 2.63. The van der Waals surface area contributed by atoms with E-state index in [4.69, 9.17) is 4.74 Å². The van der Waals surface area contributed by atoms with Crippen LogP contribution in [0.25, 0.3) is 0 Å². The second kappa shape index (κ2) is 7.89. The van der Waals surface area contributed by atoms with Crippen molar-refractivity contribution in [1.82, 2.24) is 4.90 Å². The number of nitrogens with zero attached hydrogens (tertiary/aromatic N) is 1. The minimum absolute atomic E-state index is 0.0245. The van der Waals surface area contributed by atoms with E-state index in [1.165, 1.54) is 36.2 Å². The summed E-state index contributed by atoms with van der Waals surface area (Å²) in [6, 6.07) is 5.79. The fourth-order valence-electron chi connectivity index (χ4n) is 1.84. The molecule has 0 heterocycles. The van der Waals surface area contributed by atoms with Crippen LogP contribution in [0.15, 0.2) is 24.3 Å². The van der Waals surface area contributed by atoms with Crippen LogP contribution in [0.4, 0.5) is 8.78 Å². The molecule has 0 unspecified atom stereocenters. The maximum Gasteiger partial charge on any atom is 0.387 e. The van der Waals surface area contributed by atoms with E-state index in [2.05, 4.69) is 4.74 Å². The van der Waals surface area contributed by atoms with Crippen LogP contribution >= 0.6 is 0 Å². The predicted molar refractivity (Wildman–Crippen MR) is 80.3 cm³/mol. The number of hydrogen-bond donors (Lipinski definition) is 0. The van der Waals surface area contributed by atoms with Crippen molar-refractivity contribution in [2.75, 3.05) is 13.7 Å². The lowest BCUT2D eigenvalue weighted by Crippen LogP contribution is -2.52. The Bertz CT molecular complexity index is 544. The van der Waals surface area contributed by atoms with Crippen molar-refractivity contribution in [1.29, 1.82) is 0 Å². The van der Waals surface area contributed by atoms with Crippen molar-refractivity contribution < 1.29 is 27.8 Å². The zero-order valence-corrected chi connectivity index (χ0v) is 13.6. The standard InChI is InChI=1S/C16H21F2NO4/c1-5-22-14(21)16(2,3)19(4)13(20)10-11-6-8-12(9-7-11)23-15(17)18/h6-9,15H,5,10H2,1-4H3. The van der Waals surface area contributed by atoms with Gasteiger partial charge in [-0.15, -0.1) is 0 Å². The molecule has 0 aliphatic heterocycles. The van der Waals surface area contributed by atoms with Gasteiger partial charge in [0.05, 0.1) is 13.0 Å². The van der Waals surface area contributed by atoms with Crippen LogP contribution in [0.1, 0.15) is 26.3 Å². The van der Waals surface area contributed by atoms with Crippen molar-refractivity contribution in [2.45, 2.75) is 39.3 Å². The van der Waals surface area contributed by atoms with E-state index in [1.54, 1.807) is 20.8 Å². The van der Waals surface area contributed by atoms with Gasteiger partial charge in [-0.25, -0.2) is 4.79 Å². The smallest absolute Gasteiger partial charge is 0.387 e. The molecule has 0 spiro atoms. The minimum Gasteiger partial charge on any atom is -0.464 e. The summed E-state index contributed by atoms with van der Waals surface area (Å²) in [6.45, 7) is 2.23. The molecular weight excluding hydrogens is 308 g/mol. The summed E-state index contributed by atoms with van der Waals surface area (Å²) < 4.78 is 33.4. The molecular formula is C16H21F2NO4. The molecule has 7 heteroatoms. The minimum atomic E-state index is -2.89. The number of alkyl halides is 2. The Morgan fingerprint density at radius 2 is 1.78 bits per heavy atom. The number of halogens is 2. The van der Waals surface area contributed by atoms with Gasteiger partial charge in [0.2, 0.25) is 5.91 Å². The Morgan fingerprint density at radius 3 is 2.26 bits per heavy atom. The quantitative estimate of drug-likeness (QED) is 0.722. The average molecular weight is 329 g/mol. The third kappa shape index (κ3) is 5.19. The molecule has 0 saturated carbocycles. The number of carbonyl (C=O) groups is 2. The van der Waals surface area contributed by atoms with Gasteiger partial charge in [0.25, 0.3) is 0 Å². The molecule has 0 atom stereocenters. The molecule has 0 radical (unpaired) electrons. The summed E-state index contributed by atoms with van der Waals surface area (Å²) in [6.07, 6.45) is 0.0360. The zero-order valence-electron chi connectivity index (χ0n) is 13.6. The summed E-state index contributed by atoms with van der Waals surface area (Å²) in [5.74, 6) is -0.751. The van der Waals surface area contributed by atoms with E-state index in [1.807, 2.05) is 0 Å². The molecule has 0 saturated heterocycles. The van der Waals surface area contributed by atoms with E-state index in [0.717, 1.165) is 0 Å². The van der Waals surface area contributed by atoms with Crippen LogP contribution < -0.4 is 4.74 Å². The molecule has 1 aromatic rings. The van der Waals surface area contributed by atoms with Gasteiger partial charge in [0.1, 0.15) is 11.3 Å². The Hall–Kier alpha value is -2.18. The van der Waals surface area contributed by atoms with Crippen LogP contribution in [0.3, 0.4) is 0 Å². The van der Waals surface area contributed by atoms with Crippen molar-refractivity contribution in [3.05, 3.63) is 29.8 Å². The molecule has 0 fully saturated rings. The van der Waals surface area contributed by atoms with Crippen molar-refractivity contribution in [3.8, 4) is 5.75 Å². The van der Waals surface area contributed by atoms with Gasteiger partial charge in [0, 0.05) is 7.05 Å². The zero-order chi connectivity index (χ0) is 17.6. The molecule has 23 heavy (non-hydrogen) atoms. The highest BCUT2D eigenvalue weighted by molar-refractivity contribution is 5.88. The van der Waals surface area contributed by atoms with Crippen LogP contribution in [0.2, 0.25) is 0 Å². The first-order chi connectivity index (χ1) is 10.7. The van der Waals surface area contributed by atoms with Crippen LogP contribution in [-0.4, -0.2) is 42.6 Å². The lowest BCUT2D eigenvalue weighted by Gasteiger charge is -2.33. The molecule has 0 bridgehead atoms. The second-order valence-corrected chi connectivity index (χ2v) is 5.43. The summed E-state index contributed by atoms with van der Waals surface area (Å²) in [4.78, 5) is 25.5. The van der Waals surface area contributed by atoms with E-state index in [0.29, 0.717) is 5.56 Å². The van der Waals surface area contributed by atoms with Gasteiger partial charge in [-0.05, 0) is 38.5 Å². The number of likely N-dealkylation sites (N-methyl/N-ethyl adjacent to an activating group) is 1. The number of ether oxygens (including phenoxy) is 2. The maximum atomic E-state index is 12.3. The molecule has 1 rings (SSSR count). The normalized spacial score (nSPS) is 11.3. The first-order valence-corrected chi connectivity index (χ1v) is 7.16. The molecule has 0 N–H and O–H groups in total. The highest BCUT2D eigenvalue weighted by Crippen LogP contribution is 2.18. The van der Waals surface area contributed by atoms with Gasteiger partial charge in [-0.1, -0.05) is 12.1 Å². The number of rotatable bonds is 7. The maximum absolute atomic E-state index is 12.3. The SMILES string of the molecule is CCOC(=O)C(C)(C)N(C)C(=O)Cc1ccc(OC(F)F)cc1. The molecule has 0 aliphatic rings. The van der Waals surface area contributed by atoms with Crippen LogP contribution in [-0.2, 0) is 20.7 Å². The van der Waals surface area contributed by atoms with Gasteiger partial charge in [-0.2, -0.15) is 8.78 Å². The molecule has 0 aliphatic carbocycles. The third-order valence-electron chi connectivity index (χ3n) is 3.49. The Balaban J connectivity index is 2.73. The third-order valence-corrected chi connectivity index (χ3v) is 3.49. The monoisotopic (exact) mass is 329 g/mol. The summed E-state index contributed by atoms with van der Waals surface area (Å²) >= 11 is 0. The van der Waals surface area contributed by atoms with Crippen LogP contribution in [0, 0.1) is 0 Å². The Labute approximate surface area is 134 Å². The summed E-state index contributed by atoms with van der Waals surface area (Å²) in [7, 11) is 1.52. The highest BCUT2D eigenvalue weighted by atomic mass is 19.3. The fraction of sp³-hybridized carbons (Fsp3) is 0.500. The molecule has 1 amide bonds. The summed E-state index contributed by atoms with van der Waals surface area (Å²) in [5, 5.41) is 0. The van der Waals surface area contributed by atoms with E-state index in [9.17, 15) is 18.4 Å². The van der Waals surface area contributed by atoms with Gasteiger partial charge < -0.3 is 14.4 Å². The molecule has 0 aromatic heterocycles. The number of esters is 1. The number of carbonyl (C=O) groups excluding carboxylic acids is 2. The highest BCUT2D eigenvalue weighted by Gasteiger charge is 2.36. The van der Waals surface area contributed by atoms with Crippen molar-refractivity contribution >= 4 is 11.9 Å². The Kier molecular flexibility index (Phi) is 6.48. The lowest BCUT2D eigenvalue weighted by molar-refractivity contribution is -0.160. The first kappa shape index (κ1) is 18.9. The van der Waals surface area contributed by atoms with Gasteiger partial charge >= 0.3 is 12.6 Å². The second-order valence-electron chi connectivity index (χ2n) is 5.43. The van der Waals surface area contributed by atoms with Gasteiger partial charge in [0.15, 0.2) is 0 Å². The molecule has 5 nitrogen and oxygen atoms in total. The number of hydrogen-bond acceptors (Lipinski definition) is 4. The number of benzene rings is 1. The van der Waals surface area contributed by atoms with E-state index < -0.39 is 18.1 Å². The van der Waals surface area contributed by atoms with Crippen molar-refractivity contribution in [2.24, 2.45) is 0 Å². The van der Waals surface area contributed by atoms with Crippen molar-refractivity contribution in [3.63, 3.8) is 0 Å². The molecule has 128 valence electrons. The van der Waals surface area contributed by atoms with E-state index >= 15 is 0 Å². The van der Waals surface area contributed by atoms with Gasteiger partial charge in [-0.3, -0.25) is 4.79 Å². The van der Waals surface area contributed by atoms with Crippen LogP contribution in [0.5, 0.6) is 5.75 Å². The topological polar surface area (TPSA) is 55.8 Å². The number of amides is 1. The average Bonchev–Trinajstić information content (AvgIpc) is 2.48. The van der Waals surface area contributed by atoms with E-state index in [-0.39, 0.29) is 24.7 Å². The fourth-order valence-corrected chi connectivity index (χ4v) is 1.84. The summed E-state index contributed by atoms with van der Waals surface area (Å²) in [5.41, 5.74) is -0.464. The molecule has 1 aromatic carbocycles.